The highest BCUT2D eigenvalue weighted by atomic mass is 32.2. The summed E-state index contributed by atoms with van der Waals surface area (Å²) in [7, 11) is 0. The number of rotatable bonds is 4. The van der Waals surface area contributed by atoms with Gasteiger partial charge in [-0.1, -0.05) is 60.3 Å². The van der Waals surface area contributed by atoms with Crippen molar-refractivity contribution < 1.29 is 9.53 Å². The third kappa shape index (κ3) is 3.44. The highest BCUT2D eigenvalue weighted by Crippen LogP contribution is 2.44. The second-order valence-corrected chi connectivity index (χ2v) is 6.03. The SMILES string of the molecule is CCOC(=O)/C(C#N)=C1\SC=C(c2ccccc2)N1c1ccccc1. The molecule has 0 bridgehead atoms. The van der Waals surface area contributed by atoms with Gasteiger partial charge in [-0.2, -0.15) is 5.26 Å². The standard InChI is InChI=1S/C20H16N2O2S/c1-2-24-20(23)17(13-21)19-22(16-11-7-4-8-12-16)18(14-25-19)15-9-5-3-6-10-15/h3-12,14H,2H2,1H3/b19-17-. The number of thioether (sulfide) groups is 1. The normalized spacial score (nSPS) is 15.4. The summed E-state index contributed by atoms with van der Waals surface area (Å²) in [5.41, 5.74) is 2.83. The number of para-hydroxylation sites is 1. The van der Waals surface area contributed by atoms with Crippen molar-refractivity contribution in [2.24, 2.45) is 0 Å². The smallest absolute Gasteiger partial charge is 0.351 e. The van der Waals surface area contributed by atoms with Gasteiger partial charge in [0.15, 0.2) is 5.57 Å². The number of benzene rings is 2. The van der Waals surface area contributed by atoms with Gasteiger partial charge in [0.1, 0.15) is 11.1 Å². The van der Waals surface area contributed by atoms with Crippen LogP contribution in [0.3, 0.4) is 0 Å². The topological polar surface area (TPSA) is 53.3 Å². The molecular weight excluding hydrogens is 332 g/mol. The second kappa shape index (κ2) is 7.73. The Kier molecular flexibility index (Phi) is 5.22. The van der Waals surface area contributed by atoms with Crippen LogP contribution in [0.5, 0.6) is 0 Å². The van der Waals surface area contributed by atoms with Crippen molar-refractivity contribution in [2.45, 2.75) is 6.92 Å². The molecule has 0 fully saturated rings. The van der Waals surface area contributed by atoms with Gasteiger partial charge in [-0.15, -0.1) is 0 Å². The summed E-state index contributed by atoms with van der Waals surface area (Å²) in [6.45, 7) is 1.95. The van der Waals surface area contributed by atoms with Gasteiger partial charge in [-0.3, -0.25) is 0 Å². The lowest BCUT2D eigenvalue weighted by Gasteiger charge is -2.24. The van der Waals surface area contributed by atoms with Crippen molar-refractivity contribution in [1.82, 2.24) is 0 Å². The molecule has 0 N–H and O–H groups in total. The van der Waals surface area contributed by atoms with Gasteiger partial charge in [0.25, 0.3) is 0 Å². The van der Waals surface area contributed by atoms with E-state index in [0.717, 1.165) is 16.9 Å². The number of hydrogen-bond acceptors (Lipinski definition) is 5. The van der Waals surface area contributed by atoms with Gasteiger partial charge >= 0.3 is 5.97 Å². The second-order valence-electron chi connectivity index (χ2n) is 5.17. The highest BCUT2D eigenvalue weighted by Gasteiger charge is 2.30. The minimum absolute atomic E-state index is 0.0119. The first-order chi connectivity index (χ1) is 12.3. The maximum atomic E-state index is 12.2. The molecule has 0 saturated heterocycles. The van der Waals surface area contributed by atoms with Crippen LogP contribution in [-0.4, -0.2) is 12.6 Å². The molecule has 1 aliphatic rings. The van der Waals surface area contributed by atoms with Crippen molar-refractivity contribution >= 4 is 29.1 Å². The Morgan fingerprint density at radius 2 is 1.76 bits per heavy atom. The summed E-state index contributed by atoms with van der Waals surface area (Å²) in [5, 5.41) is 12.0. The zero-order chi connectivity index (χ0) is 17.6. The summed E-state index contributed by atoms with van der Waals surface area (Å²) in [6.07, 6.45) is 0. The van der Waals surface area contributed by atoms with E-state index in [2.05, 4.69) is 0 Å². The number of hydrogen-bond donors (Lipinski definition) is 0. The van der Waals surface area contributed by atoms with E-state index in [1.807, 2.05) is 77.0 Å². The Bertz CT molecular complexity index is 868. The molecule has 0 unspecified atom stereocenters. The summed E-state index contributed by atoms with van der Waals surface area (Å²) < 4.78 is 5.05. The summed E-state index contributed by atoms with van der Waals surface area (Å²) in [5.74, 6) is -0.601. The van der Waals surface area contributed by atoms with Crippen molar-refractivity contribution in [1.29, 1.82) is 5.26 Å². The van der Waals surface area contributed by atoms with Crippen molar-refractivity contribution in [2.75, 3.05) is 11.5 Å². The third-order valence-corrected chi connectivity index (χ3v) is 4.57. The number of carbonyl (C=O) groups excluding carboxylic acids is 1. The van der Waals surface area contributed by atoms with Gasteiger partial charge < -0.3 is 9.64 Å². The monoisotopic (exact) mass is 348 g/mol. The van der Waals surface area contributed by atoms with E-state index >= 15 is 0 Å². The molecule has 4 nitrogen and oxygen atoms in total. The Hall–Kier alpha value is -2.97. The molecule has 2 aromatic carbocycles. The molecule has 25 heavy (non-hydrogen) atoms. The fourth-order valence-corrected chi connectivity index (χ4v) is 3.54. The summed E-state index contributed by atoms with van der Waals surface area (Å²) in [4.78, 5) is 14.1. The van der Waals surface area contributed by atoms with E-state index in [9.17, 15) is 10.1 Å². The molecule has 0 amide bonds. The minimum Gasteiger partial charge on any atom is -0.462 e. The minimum atomic E-state index is -0.601. The zero-order valence-electron chi connectivity index (χ0n) is 13.7. The average molecular weight is 348 g/mol. The molecule has 2 aromatic rings. The molecule has 124 valence electrons. The molecular formula is C20H16N2O2S. The van der Waals surface area contributed by atoms with E-state index in [1.165, 1.54) is 11.8 Å². The first-order valence-corrected chi connectivity index (χ1v) is 8.73. The van der Waals surface area contributed by atoms with Crippen molar-refractivity contribution in [3.8, 4) is 6.07 Å². The molecule has 1 heterocycles. The number of carbonyl (C=O) groups is 1. The van der Waals surface area contributed by atoms with Crippen LogP contribution in [-0.2, 0) is 9.53 Å². The molecule has 0 atom stereocenters. The van der Waals surface area contributed by atoms with Crippen LogP contribution in [0.2, 0.25) is 0 Å². The molecule has 0 aliphatic carbocycles. The number of nitrogens with zero attached hydrogens (tertiary/aromatic N) is 2. The van der Waals surface area contributed by atoms with Crippen LogP contribution in [0, 0.1) is 11.3 Å². The van der Waals surface area contributed by atoms with Crippen LogP contribution in [0.15, 0.2) is 76.7 Å². The quantitative estimate of drug-likeness (QED) is 0.461. The predicted molar refractivity (Wildman–Crippen MR) is 100 cm³/mol. The molecule has 3 rings (SSSR count). The van der Waals surface area contributed by atoms with E-state index in [1.54, 1.807) is 6.92 Å². The molecule has 0 spiro atoms. The Morgan fingerprint density at radius 1 is 1.12 bits per heavy atom. The third-order valence-electron chi connectivity index (χ3n) is 3.62. The van der Waals surface area contributed by atoms with E-state index in [-0.39, 0.29) is 12.2 Å². The van der Waals surface area contributed by atoms with Crippen LogP contribution in [0.4, 0.5) is 5.69 Å². The zero-order valence-corrected chi connectivity index (χ0v) is 14.5. The molecule has 0 radical (unpaired) electrons. The molecule has 0 aromatic heterocycles. The predicted octanol–water partition coefficient (Wildman–Crippen LogP) is 4.54. The van der Waals surface area contributed by atoms with Crippen LogP contribution in [0.25, 0.3) is 5.70 Å². The van der Waals surface area contributed by atoms with E-state index in [0.29, 0.717) is 5.03 Å². The maximum absolute atomic E-state index is 12.2. The summed E-state index contributed by atoms with van der Waals surface area (Å²) >= 11 is 1.36. The fraction of sp³-hybridized carbons (Fsp3) is 0.100. The van der Waals surface area contributed by atoms with Crippen molar-refractivity contribution in [3.05, 3.63) is 82.2 Å². The van der Waals surface area contributed by atoms with Gasteiger partial charge in [-0.05, 0) is 24.6 Å². The molecule has 1 aliphatic heterocycles. The maximum Gasteiger partial charge on any atom is 0.351 e. The first kappa shape index (κ1) is 16.9. The number of esters is 1. The van der Waals surface area contributed by atoms with Gasteiger partial charge in [0.2, 0.25) is 0 Å². The Balaban J connectivity index is 2.12. The Morgan fingerprint density at radius 3 is 2.36 bits per heavy atom. The number of anilines is 1. The Labute approximate surface area is 151 Å². The first-order valence-electron chi connectivity index (χ1n) is 7.85. The van der Waals surface area contributed by atoms with E-state index < -0.39 is 5.97 Å². The highest BCUT2D eigenvalue weighted by molar-refractivity contribution is 8.06. The lowest BCUT2D eigenvalue weighted by Crippen LogP contribution is -2.20. The fourth-order valence-electron chi connectivity index (χ4n) is 2.52. The largest absolute Gasteiger partial charge is 0.462 e. The van der Waals surface area contributed by atoms with Gasteiger partial charge in [0, 0.05) is 11.1 Å². The molecule has 5 heteroatoms. The number of nitriles is 1. The lowest BCUT2D eigenvalue weighted by atomic mass is 10.1. The summed E-state index contributed by atoms with van der Waals surface area (Å²) in [6, 6.07) is 21.6. The molecule has 0 saturated carbocycles. The van der Waals surface area contributed by atoms with Crippen LogP contribution >= 0.6 is 11.8 Å². The van der Waals surface area contributed by atoms with Crippen LogP contribution < -0.4 is 4.90 Å². The van der Waals surface area contributed by atoms with Crippen LogP contribution in [0.1, 0.15) is 12.5 Å². The number of ether oxygens (including phenoxy) is 1. The van der Waals surface area contributed by atoms with Gasteiger partial charge in [0.05, 0.1) is 12.3 Å². The lowest BCUT2D eigenvalue weighted by molar-refractivity contribution is -0.138. The van der Waals surface area contributed by atoms with Gasteiger partial charge in [-0.25, -0.2) is 4.79 Å². The average Bonchev–Trinajstić information content (AvgIpc) is 3.09. The van der Waals surface area contributed by atoms with Crippen molar-refractivity contribution in [3.63, 3.8) is 0 Å². The van der Waals surface area contributed by atoms with E-state index in [4.69, 9.17) is 4.74 Å².